The Kier molecular flexibility index (Phi) is 8.77. The maximum Gasteiger partial charge on any atom is 0.260 e. The van der Waals surface area contributed by atoms with Crippen molar-refractivity contribution in [1.29, 1.82) is 0 Å². The Hall–Kier alpha value is -3.88. The van der Waals surface area contributed by atoms with Crippen LogP contribution in [0.3, 0.4) is 0 Å². The SMILES string of the molecule is O=C(CN1Cc2ccccc2N(C(=O)c2ccc(OCCO)cc2Cl)CC1=O)NCCc1ccccc1. The van der Waals surface area contributed by atoms with Crippen molar-refractivity contribution in [3.8, 4) is 5.75 Å². The number of amides is 3. The number of rotatable bonds is 9. The van der Waals surface area contributed by atoms with Gasteiger partial charge in [-0.15, -0.1) is 0 Å². The summed E-state index contributed by atoms with van der Waals surface area (Å²) in [5.41, 5.74) is 2.67. The van der Waals surface area contributed by atoms with E-state index in [4.69, 9.17) is 21.4 Å². The highest BCUT2D eigenvalue weighted by atomic mass is 35.5. The number of aliphatic hydroxyl groups is 1. The molecule has 0 bridgehead atoms. The van der Waals surface area contributed by atoms with Gasteiger partial charge in [-0.1, -0.05) is 60.1 Å². The molecule has 37 heavy (non-hydrogen) atoms. The molecule has 0 saturated carbocycles. The molecular formula is C28H28ClN3O5. The van der Waals surface area contributed by atoms with Gasteiger partial charge in [0.1, 0.15) is 18.9 Å². The fraction of sp³-hybridized carbons (Fsp3) is 0.250. The van der Waals surface area contributed by atoms with E-state index in [1.54, 1.807) is 18.2 Å². The molecule has 192 valence electrons. The fourth-order valence-electron chi connectivity index (χ4n) is 4.14. The molecule has 0 aromatic heterocycles. The van der Waals surface area contributed by atoms with E-state index in [1.807, 2.05) is 42.5 Å². The van der Waals surface area contributed by atoms with Gasteiger partial charge in [0, 0.05) is 18.8 Å². The van der Waals surface area contributed by atoms with Gasteiger partial charge in [-0.05, 0) is 41.8 Å². The molecule has 0 atom stereocenters. The summed E-state index contributed by atoms with van der Waals surface area (Å²) in [4.78, 5) is 42.2. The number of aliphatic hydroxyl groups excluding tert-OH is 1. The predicted octanol–water partition coefficient (Wildman–Crippen LogP) is 3.06. The zero-order valence-corrected chi connectivity index (χ0v) is 21.0. The standard InChI is InChI=1S/C28H28ClN3O5/c29-24-16-22(37-15-14-33)10-11-23(24)28(36)32-19-27(35)31(17-21-8-4-5-9-25(21)32)18-26(34)30-13-12-20-6-2-1-3-7-20/h1-11,16,33H,12-15,17-19H2,(H,30,34). The van der Waals surface area contributed by atoms with Crippen LogP contribution >= 0.6 is 11.6 Å². The van der Waals surface area contributed by atoms with E-state index in [-0.39, 0.29) is 55.2 Å². The molecule has 3 aromatic rings. The van der Waals surface area contributed by atoms with E-state index in [2.05, 4.69) is 5.32 Å². The van der Waals surface area contributed by atoms with E-state index < -0.39 is 5.91 Å². The van der Waals surface area contributed by atoms with Crippen LogP contribution in [0.1, 0.15) is 21.5 Å². The van der Waals surface area contributed by atoms with Gasteiger partial charge in [-0.25, -0.2) is 0 Å². The Morgan fingerprint density at radius 1 is 1.00 bits per heavy atom. The highest BCUT2D eigenvalue weighted by Gasteiger charge is 2.31. The van der Waals surface area contributed by atoms with Crippen molar-refractivity contribution < 1.29 is 24.2 Å². The predicted molar refractivity (Wildman–Crippen MR) is 141 cm³/mol. The topological polar surface area (TPSA) is 99.2 Å². The van der Waals surface area contributed by atoms with Crippen molar-refractivity contribution in [3.05, 3.63) is 94.5 Å². The van der Waals surface area contributed by atoms with Crippen LogP contribution in [0.4, 0.5) is 5.69 Å². The van der Waals surface area contributed by atoms with Crippen molar-refractivity contribution in [3.63, 3.8) is 0 Å². The number of anilines is 1. The maximum atomic E-state index is 13.5. The van der Waals surface area contributed by atoms with Crippen LogP contribution < -0.4 is 15.0 Å². The molecule has 1 heterocycles. The number of carbonyl (C=O) groups excluding carboxylic acids is 3. The molecule has 3 aromatic carbocycles. The number of hydrogen-bond acceptors (Lipinski definition) is 5. The molecule has 8 nitrogen and oxygen atoms in total. The van der Waals surface area contributed by atoms with Crippen LogP contribution in [-0.4, -0.2) is 60.6 Å². The van der Waals surface area contributed by atoms with Crippen LogP contribution in [0, 0.1) is 0 Å². The van der Waals surface area contributed by atoms with Crippen LogP contribution in [0.25, 0.3) is 0 Å². The molecular weight excluding hydrogens is 494 g/mol. The third kappa shape index (κ3) is 6.67. The van der Waals surface area contributed by atoms with Gasteiger partial charge in [0.2, 0.25) is 11.8 Å². The van der Waals surface area contributed by atoms with E-state index in [1.165, 1.54) is 21.9 Å². The molecule has 0 aliphatic carbocycles. The lowest BCUT2D eigenvalue weighted by Crippen LogP contribution is -2.44. The van der Waals surface area contributed by atoms with E-state index >= 15 is 0 Å². The minimum atomic E-state index is -0.436. The highest BCUT2D eigenvalue weighted by molar-refractivity contribution is 6.34. The van der Waals surface area contributed by atoms with Crippen LogP contribution in [0.2, 0.25) is 5.02 Å². The zero-order valence-electron chi connectivity index (χ0n) is 20.2. The van der Waals surface area contributed by atoms with Gasteiger partial charge in [0.05, 0.1) is 23.7 Å². The van der Waals surface area contributed by atoms with Gasteiger partial charge in [-0.3, -0.25) is 19.3 Å². The molecule has 0 saturated heterocycles. The van der Waals surface area contributed by atoms with E-state index in [0.29, 0.717) is 24.4 Å². The fourth-order valence-corrected chi connectivity index (χ4v) is 4.39. The number of halogens is 1. The van der Waals surface area contributed by atoms with Gasteiger partial charge < -0.3 is 20.1 Å². The third-order valence-corrected chi connectivity index (χ3v) is 6.29. The lowest BCUT2D eigenvalue weighted by atomic mass is 10.1. The lowest BCUT2D eigenvalue weighted by Gasteiger charge is -2.23. The molecule has 0 radical (unpaired) electrons. The molecule has 0 fully saturated rings. The highest BCUT2D eigenvalue weighted by Crippen LogP contribution is 2.30. The zero-order chi connectivity index (χ0) is 26.2. The number of benzene rings is 3. The smallest absolute Gasteiger partial charge is 0.260 e. The van der Waals surface area contributed by atoms with Gasteiger partial charge in [-0.2, -0.15) is 0 Å². The normalized spacial score (nSPS) is 13.1. The lowest BCUT2D eigenvalue weighted by molar-refractivity contribution is -0.135. The number of nitrogens with one attached hydrogen (secondary N) is 1. The third-order valence-electron chi connectivity index (χ3n) is 5.98. The molecule has 1 aliphatic rings. The minimum absolute atomic E-state index is 0.104. The summed E-state index contributed by atoms with van der Waals surface area (Å²) in [5, 5.41) is 12.0. The second-order valence-corrected chi connectivity index (χ2v) is 8.98. The van der Waals surface area contributed by atoms with Crippen LogP contribution in [0.15, 0.2) is 72.8 Å². The number of ether oxygens (including phenoxy) is 1. The van der Waals surface area contributed by atoms with Crippen molar-refractivity contribution in [2.24, 2.45) is 0 Å². The first-order chi connectivity index (χ1) is 18.0. The first kappa shape index (κ1) is 26.2. The average molecular weight is 522 g/mol. The van der Waals surface area contributed by atoms with Crippen LogP contribution in [0.5, 0.6) is 5.75 Å². The minimum Gasteiger partial charge on any atom is -0.491 e. The van der Waals surface area contributed by atoms with Crippen molar-refractivity contribution in [2.45, 2.75) is 13.0 Å². The van der Waals surface area contributed by atoms with E-state index in [0.717, 1.165) is 11.1 Å². The van der Waals surface area contributed by atoms with Gasteiger partial charge >= 0.3 is 0 Å². The molecule has 2 N–H and O–H groups in total. The van der Waals surface area contributed by atoms with Gasteiger partial charge in [0.25, 0.3) is 5.91 Å². The Morgan fingerprint density at radius 3 is 2.51 bits per heavy atom. The van der Waals surface area contributed by atoms with Crippen LogP contribution in [-0.2, 0) is 22.6 Å². The molecule has 1 aliphatic heterocycles. The van der Waals surface area contributed by atoms with E-state index in [9.17, 15) is 14.4 Å². The van der Waals surface area contributed by atoms with Crippen molar-refractivity contribution in [2.75, 3.05) is 37.7 Å². The first-order valence-corrected chi connectivity index (χ1v) is 12.4. The summed E-state index contributed by atoms with van der Waals surface area (Å²) < 4.78 is 5.36. The number of nitrogens with zero attached hydrogens (tertiary/aromatic N) is 2. The summed E-state index contributed by atoms with van der Waals surface area (Å²) in [6.45, 7) is 0.281. The largest absolute Gasteiger partial charge is 0.491 e. The second-order valence-electron chi connectivity index (χ2n) is 8.57. The van der Waals surface area contributed by atoms with Gasteiger partial charge in [0.15, 0.2) is 0 Å². The Balaban J connectivity index is 1.47. The quantitative estimate of drug-likeness (QED) is 0.451. The number of hydrogen-bond donors (Lipinski definition) is 2. The molecule has 3 amide bonds. The van der Waals surface area contributed by atoms with Crippen molar-refractivity contribution >= 4 is 35.0 Å². The summed E-state index contributed by atoms with van der Waals surface area (Å²) >= 11 is 6.38. The number of carbonyl (C=O) groups is 3. The molecule has 4 rings (SSSR count). The Bertz CT molecular complexity index is 1270. The summed E-state index contributed by atoms with van der Waals surface area (Å²) in [5.74, 6) is -0.620. The molecule has 0 spiro atoms. The Morgan fingerprint density at radius 2 is 1.76 bits per heavy atom. The number of fused-ring (bicyclic) bond motifs is 1. The second kappa shape index (κ2) is 12.4. The summed E-state index contributed by atoms with van der Waals surface area (Å²) in [6.07, 6.45) is 0.691. The first-order valence-electron chi connectivity index (χ1n) is 12.0. The monoisotopic (exact) mass is 521 g/mol. The Labute approximate surface area is 220 Å². The molecule has 0 unspecified atom stereocenters. The summed E-state index contributed by atoms with van der Waals surface area (Å²) in [7, 11) is 0. The van der Waals surface area contributed by atoms with Crippen molar-refractivity contribution in [1.82, 2.24) is 10.2 Å². The average Bonchev–Trinajstić information content (AvgIpc) is 3.04. The summed E-state index contributed by atoms with van der Waals surface area (Å²) in [6, 6.07) is 21.7. The maximum absolute atomic E-state index is 13.5. The number of para-hydroxylation sites is 1. The molecule has 9 heteroatoms.